The van der Waals surface area contributed by atoms with E-state index in [4.69, 9.17) is 4.74 Å². The van der Waals surface area contributed by atoms with Gasteiger partial charge in [0.05, 0.1) is 12.6 Å². The Morgan fingerprint density at radius 1 is 1.03 bits per heavy atom. The smallest absolute Gasteiger partial charge is 0.245 e. The quantitative estimate of drug-likeness (QED) is 0.460. The molecule has 1 aliphatic heterocycles. The van der Waals surface area contributed by atoms with Gasteiger partial charge in [0, 0.05) is 26.6 Å². The van der Waals surface area contributed by atoms with Crippen molar-refractivity contribution in [3.63, 3.8) is 0 Å². The van der Waals surface area contributed by atoms with Crippen molar-refractivity contribution >= 4 is 17.7 Å². The Balaban J connectivity index is 1.88. The highest BCUT2D eigenvalue weighted by molar-refractivity contribution is 5.93. The van der Waals surface area contributed by atoms with Crippen LogP contribution < -0.4 is 20.7 Å². The van der Waals surface area contributed by atoms with Crippen molar-refractivity contribution in [2.75, 3.05) is 33.4 Å². The Bertz CT molecular complexity index is 1080. The van der Waals surface area contributed by atoms with Crippen molar-refractivity contribution in [2.24, 2.45) is 5.92 Å². The molecule has 9 nitrogen and oxygen atoms in total. The molecular formula is C30H42N4O5. The van der Waals surface area contributed by atoms with Gasteiger partial charge in [0.2, 0.25) is 17.7 Å². The molecule has 0 saturated heterocycles. The van der Waals surface area contributed by atoms with Crippen LogP contribution in [0.5, 0.6) is 5.75 Å². The fourth-order valence-electron chi connectivity index (χ4n) is 4.69. The van der Waals surface area contributed by atoms with Gasteiger partial charge in [-0.2, -0.15) is 0 Å². The maximum absolute atomic E-state index is 13.5. The van der Waals surface area contributed by atoms with Crippen LogP contribution in [0.15, 0.2) is 54.6 Å². The van der Waals surface area contributed by atoms with Crippen LogP contribution in [0.2, 0.25) is 0 Å². The van der Waals surface area contributed by atoms with Crippen LogP contribution in [0.3, 0.4) is 0 Å². The van der Waals surface area contributed by atoms with Gasteiger partial charge in [-0.1, -0.05) is 68.8 Å². The molecule has 1 aliphatic rings. The lowest BCUT2D eigenvalue weighted by molar-refractivity contribution is -0.143. The topological polar surface area (TPSA) is 120 Å². The van der Waals surface area contributed by atoms with Crippen LogP contribution in [0.4, 0.5) is 0 Å². The van der Waals surface area contributed by atoms with E-state index in [9.17, 15) is 19.5 Å². The number of nitrogens with zero attached hydrogens (tertiary/aromatic N) is 1. The first kappa shape index (κ1) is 30.1. The molecule has 0 bridgehead atoms. The first-order valence-corrected chi connectivity index (χ1v) is 13.8. The molecule has 1 unspecified atom stereocenters. The molecule has 0 aliphatic carbocycles. The standard InChI is InChI=1S/C30H42N4O5/c1-4-21(2)27-30(38)34(3)25(20-35)29(37)33-24(19-22-11-6-5-7-12-22)28(36)32-16-10-14-23-13-8-9-15-26(23)39-18-17-31-27/h5-9,11-13,15,21,24-25,27,31,35H,4,10,14,16-20H2,1-3H3,(H,32,36)(H,33,37)/t21?,24-,25+,27+/m1/s1. The summed E-state index contributed by atoms with van der Waals surface area (Å²) in [6.45, 7) is 4.63. The summed E-state index contributed by atoms with van der Waals surface area (Å²) < 4.78 is 6.04. The lowest BCUT2D eigenvalue weighted by Crippen LogP contribution is -2.59. The monoisotopic (exact) mass is 538 g/mol. The number of ether oxygens (including phenoxy) is 1. The summed E-state index contributed by atoms with van der Waals surface area (Å²) in [5.41, 5.74) is 1.93. The predicted molar refractivity (Wildman–Crippen MR) is 150 cm³/mol. The summed E-state index contributed by atoms with van der Waals surface area (Å²) in [6, 6.07) is 14.7. The highest BCUT2D eigenvalue weighted by atomic mass is 16.5. The average Bonchev–Trinajstić information content (AvgIpc) is 2.95. The third-order valence-corrected chi connectivity index (χ3v) is 7.30. The highest BCUT2D eigenvalue weighted by Crippen LogP contribution is 2.20. The average molecular weight is 539 g/mol. The van der Waals surface area contributed by atoms with Crippen molar-refractivity contribution in [1.29, 1.82) is 0 Å². The van der Waals surface area contributed by atoms with Gasteiger partial charge in [-0.3, -0.25) is 14.4 Å². The lowest BCUT2D eigenvalue weighted by atomic mass is 9.97. The molecule has 0 spiro atoms. The SMILES string of the molecule is CCC(C)[C@@H]1NCCOc2ccccc2CCCNC(=O)[C@@H](Cc2ccccc2)NC(=O)[C@H](CO)N(C)C1=O. The van der Waals surface area contributed by atoms with E-state index in [0.717, 1.165) is 23.3 Å². The summed E-state index contributed by atoms with van der Waals surface area (Å²) in [5, 5.41) is 19.2. The number of carbonyl (C=O) groups is 3. The van der Waals surface area contributed by atoms with Gasteiger partial charge in [-0.15, -0.1) is 0 Å². The first-order valence-electron chi connectivity index (χ1n) is 13.8. The van der Waals surface area contributed by atoms with Gasteiger partial charge in [0.15, 0.2) is 0 Å². The number of aliphatic hydroxyl groups excluding tert-OH is 1. The zero-order valence-corrected chi connectivity index (χ0v) is 23.2. The van der Waals surface area contributed by atoms with Gasteiger partial charge in [-0.05, 0) is 36.0 Å². The van der Waals surface area contributed by atoms with E-state index in [1.54, 1.807) is 0 Å². The zero-order chi connectivity index (χ0) is 28.2. The molecule has 4 atom stereocenters. The molecule has 2 aromatic carbocycles. The number of fused-ring (bicyclic) bond motifs is 1. The molecule has 1 heterocycles. The third-order valence-electron chi connectivity index (χ3n) is 7.30. The minimum atomic E-state index is -1.14. The second-order valence-electron chi connectivity index (χ2n) is 10.1. The molecule has 212 valence electrons. The molecule has 4 N–H and O–H groups in total. The fourth-order valence-corrected chi connectivity index (χ4v) is 4.69. The van der Waals surface area contributed by atoms with E-state index in [0.29, 0.717) is 32.5 Å². The number of nitrogens with one attached hydrogen (secondary N) is 3. The summed E-state index contributed by atoms with van der Waals surface area (Å²) in [6.07, 6.45) is 2.44. The summed E-state index contributed by atoms with van der Waals surface area (Å²) in [5.74, 6) is -0.431. The Labute approximate surface area is 231 Å². The number of hydrogen-bond acceptors (Lipinski definition) is 6. The van der Waals surface area contributed by atoms with E-state index in [1.807, 2.05) is 68.4 Å². The number of carbonyl (C=O) groups excluding carboxylic acids is 3. The maximum Gasteiger partial charge on any atom is 0.245 e. The van der Waals surface area contributed by atoms with E-state index >= 15 is 0 Å². The van der Waals surface area contributed by atoms with Crippen molar-refractivity contribution in [3.8, 4) is 5.75 Å². The van der Waals surface area contributed by atoms with Gasteiger partial charge in [0.1, 0.15) is 24.4 Å². The number of benzene rings is 2. The minimum absolute atomic E-state index is 0.0168. The molecule has 0 fully saturated rings. The molecule has 9 heteroatoms. The Kier molecular flexibility index (Phi) is 11.8. The summed E-state index contributed by atoms with van der Waals surface area (Å²) in [4.78, 5) is 41.4. The van der Waals surface area contributed by atoms with E-state index in [2.05, 4.69) is 16.0 Å². The number of aliphatic hydroxyl groups is 1. The molecule has 2 aromatic rings. The van der Waals surface area contributed by atoms with Crippen LogP contribution in [-0.2, 0) is 27.2 Å². The molecule has 0 saturated carbocycles. The van der Waals surface area contributed by atoms with Crippen LogP contribution in [0, 0.1) is 5.92 Å². The number of rotatable bonds is 5. The number of likely N-dealkylation sites (N-methyl/N-ethyl adjacent to an activating group) is 1. The van der Waals surface area contributed by atoms with Crippen LogP contribution >= 0.6 is 0 Å². The van der Waals surface area contributed by atoms with Gasteiger partial charge in [-0.25, -0.2) is 0 Å². The Morgan fingerprint density at radius 3 is 2.46 bits per heavy atom. The van der Waals surface area contributed by atoms with Crippen LogP contribution in [0.25, 0.3) is 0 Å². The minimum Gasteiger partial charge on any atom is -0.492 e. The summed E-state index contributed by atoms with van der Waals surface area (Å²) in [7, 11) is 1.51. The number of para-hydroxylation sites is 1. The molecule has 0 aromatic heterocycles. The van der Waals surface area contributed by atoms with Crippen molar-refractivity contribution in [1.82, 2.24) is 20.9 Å². The van der Waals surface area contributed by atoms with E-state index < -0.39 is 30.6 Å². The van der Waals surface area contributed by atoms with Gasteiger partial charge in [0.25, 0.3) is 0 Å². The lowest BCUT2D eigenvalue weighted by Gasteiger charge is -2.33. The largest absolute Gasteiger partial charge is 0.492 e. The van der Waals surface area contributed by atoms with Gasteiger partial charge < -0.3 is 30.7 Å². The molecular weight excluding hydrogens is 496 g/mol. The Hall–Kier alpha value is -3.43. The van der Waals surface area contributed by atoms with Crippen LogP contribution in [-0.4, -0.2) is 79.2 Å². The second-order valence-corrected chi connectivity index (χ2v) is 10.1. The van der Waals surface area contributed by atoms with Crippen molar-refractivity contribution < 1.29 is 24.2 Å². The van der Waals surface area contributed by atoms with E-state index in [-0.39, 0.29) is 24.2 Å². The van der Waals surface area contributed by atoms with Gasteiger partial charge >= 0.3 is 0 Å². The first-order chi connectivity index (χ1) is 18.8. The second kappa shape index (κ2) is 15.2. The molecule has 0 radical (unpaired) electrons. The number of hydrogen-bond donors (Lipinski definition) is 4. The molecule has 39 heavy (non-hydrogen) atoms. The number of amides is 3. The number of aryl methyl sites for hydroxylation is 1. The molecule has 3 rings (SSSR count). The third kappa shape index (κ3) is 8.53. The highest BCUT2D eigenvalue weighted by Gasteiger charge is 2.34. The van der Waals surface area contributed by atoms with Crippen molar-refractivity contribution in [2.45, 2.75) is 57.7 Å². The zero-order valence-electron chi connectivity index (χ0n) is 23.2. The normalized spacial score (nSPS) is 22.9. The Morgan fingerprint density at radius 2 is 1.74 bits per heavy atom. The maximum atomic E-state index is 13.5. The van der Waals surface area contributed by atoms with E-state index in [1.165, 1.54) is 11.9 Å². The fraction of sp³-hybridized carbons (Fsp3) is 0.500. The van der Waals surface area contributed by atoms with Crippen LogP contribution in [0.1, 0.15) is 37.8 Å². The molecule has 3 amide bonds. The van der Waals surface area contributed by atoms with Crippen molar-refractivity contribution in [3.05, 3.63) is 65.7 Å². The summed E-state index contributed by atoms with van der Waals surface area (Å²) >= 11 is 0. The predicted octanol–water partition coefficient (Wildman–Crippen LogP) is 1.68.